The van der Waals surface area contributed by atoms with Crippen molar-refractivity contribution in [1.82, 2.24) is 4.98 Å². The fourth-order valence-electron chi connectivity index (χ4n) is 2.77. The number of benzene rings is 1. The second-order valence-corrected chi connectivity index (χ2v) is 5.93. The third-order valence-corrected chi connectivity index (χ3v) is 4.11. The number of nitrogen functional groups attached to an aromatic ring is 1. The number of anilines is 1. The molecule has 1 aromatic heterocycles. The van der Waals surface area contributed by atoms with Gasteiger partial charge in [0.25, 0.3) is 0 Å². The first-order valence-electron chi connectivity index (χ1n) is 7.40. The molecule has 110 valence electrons. The molecule has 0 unspecified atom stereocenters. The molecule has 3 nitrogen and oxygen atoms in total. The lowest BCUT2D eigenvalue weighted by atomic mass is 9.98. The number of pyridine rings is 1. The molecule has 0 amide bonds. The Kier molecular flexibility index (Phi) is 4.30. The van der Waals surface area contributed by atoms with Crippen molar-refractivity contribution in [3.8, 4) is 16.9 Å². The normalized spacial score (nSPS) is 15.9. The molecule has 4 heteroatoms. The monoisotopic (exact) mass is 302 g/mol. The van der Waals surface area contributed by atoms with Crippen molar-refractivity contribution >= 4 is 17.4 Å². The first-order chi connectivity index (χ1) is 10.2. The van der Waals surface area contributed by atoms with Crippen LogP contribution in [0.5, 0.6) is 5.75 Å². The van der Waals surface area contributed by atoms with Crippen LogP contribution in [0.1, 0.15) is 32.1 Å². The lowest BCUT2D eigenvalue weighted by Crippen LogP contribution is -2.19. The number of hydrogen-bond donors (Lipinski definition) is 1. The summed E-state index contributed by atoms with van der Waals surface area (Å²) in [5.74, 6) is 1.40. The maximum atomic E-state index is 6.03. The van der Waals surface area contributed by atoms with Crippen LogP contribution < -0.4 is 10.5 Å². The summed E-state index contributed by atoms with van der Waals surface area (Å²) in [7, 11) is 0. The number of halogens is 1. The number of nitrogens with zero attached hydrogens (tertiary/aromatic N) is 1. The van der Waals surface area contributed by atoms with Crippen LogP contribution in [0.15, 0.2) is 36.5 Å². The number of hydrogen-bond acceptors (Lipinski definition) is 3. The summed E-state index contributed by atoms with van der Waals surface area (Å²) < 4.78 is 6.03. The van der Waals surface area contributed by atoms with Crippen molar-refractivity contribution < 1.29 is 4.74 Å². The maximum absolute atomic E-state index is 6.03. The molecule has 21 heavy (non-hydrogen) atoms. The van der Waals surface area contributed by atoms with Gasteiger partial charge in [-0.2, -0.15) is 0 Å². The minimum absolute atomic E-state index is 0.363. The van der Waals surface area contributed by atoms with Crippen LogP contribution in [0, 0.1) is 0 Å². The zero-order chi connectivity index (χ0) is 14.7. The highest BCUT2D eigenvalue weighted by atomic mass is 35.5. The zero-order valence-corrected chi connectivity index (χ0v) is 12.6. The average Bonchev–Trinajstić information content (AvgIpc) is 2.52. The molecule has 0 aliphatic heterocycles. The summed E-state index contributed by atoms with van der Waals surface area (Å²) in [6.45, 7) is 0. The summed E-state index contributed by atoms with van der Waals surface area (Å²) in [6.07, 6.45) is 8.11. The van der Waals surface area contributed by atoms with Crippen molar-refractivity contribution in [3.05, 3.63) is 41.6 Å². The van der Waals surface area contributed by atoms with Crippen LogP contribution in [0.2, 0.25) is 5.02 Å². The van der Waals surface area contributed by atoms with Crippen LogP contribution in [-0.4, -0.2) is 11.1 Å². The van der Waals surface area contributed by atoms with E-state index in [1.807, 2.05) is 30.3 Å². The molecule has 1 aliphatic carbocycles. The Hall–Kier alpha value is -1.74. The molecule has 2 aromatic rings. The summed E-state index contributed by atoms with van der Waals surface area (Å²) in [5, 5.41) is 0.585. The van der Waals surface area contributed by atoms with Crippen molar-refractivity contribution in [2.45, 2.75) is 38.2 Å². The van der Waals surface area contributed by atoms with E-state index in [9.17, 15) is 0 Å². The molecule has 1 heterocycles. The molecule has 2 N–H and O–H groups in total. The van der Waals surface area contributed by atoms with Gasteiger partial charge in [-0.15, -0.1) is 0 Å². The van der Waals surface area contributed by atoms with Crippen LogP contribution in [0.25, 0.3) is 11.1 Å². The third kappa shape index (κ3) is 3.48. The fourth-order valence-corrected chi connectivity index (χ4v) is 2.93. The molecule has 1 saturated carbocycles. The molecule has 0 radical (unpaired) electrons. The van der Waals surface area contributed by atoms with E-state index >= 15 is 0 Å². The second kappa shape index (κ2) is 6.35. The van der Waals surface area contributed by atoms with Gasteiger partial charge >= 0.3 is 0 Å². The van der Waals surface area contributed by atoms with Crippen molar-refractivity contribution in [3.63, 3.8) is 0 Å². The molecule has 0 bridgehead atoms. The van der Waals surface area contributed by atoms with Crippen LogP contribution >= 0.6 is 11.6 Å². The van der Waals surface area contributed by atoms with Gasteiger partial charge in [0.15, 0.2) is 0 Å². The van der Waals surface area contributed by atoms with Gasteiger partial charge in [-0.1, -0.05) is 30.2 Å². The fraction of sp³-hybridized carbons (Fsp3) is 0.353. The van der Waals surface area contributed by atoms with Crippen molar-refractivity contribution in [2.24, 2.45) is 0 Å². The molecule has 1 fully saturated rings. The third-order valence-electron chi connectivity index (χ3n) is 3.91. The van der Waals surface area contributed by atoms with Gasteiger partial charge in [-0.25, -0.2) is 4.98 Å². The molecule has 1 aliphatic rings. The summed E-state index contributed by atoms with van der Waals surface area (Å²) in [4.78, 5) is 4.09. The topological polar surface area (TPSA) is 48.1 Å². The minimum atomic E-state index is 0.363. The highest BCUT2D eigenvalue weighted by molar-refractivity contribution is 6.30. The van der Waals surface area contributed by atoms with Crippen molar-refractivity contribution in [2.75, 3.05) is 5.73 Å². The lowest BCUT2D eigenvalue weighted by Gasteiger charge is -2.23. The highest BCUT2D eigenvalue weighted by Gasteiger charge is 2.14. The van der Waals surface area contributed by atoms with E-state index in [1.165, 1.54) is 19.3 Å². The Labute approximate surface area is 130 Å². The van der Waals surface area contributed by atoms with E-state index in [1.54, 1.807) is 6.20 Å². The smallest absolute Gasteiger partial charge is 0.131 e. The van der Waals surface area contributed by atoms with E-state index in [0.29, 0.717) is 16.9 Å². The van der Waals surface area contributed by atoms with Gasteiger partial charge < -0.3 is 10.5 Å². The Morgan fingerprint density at radius 3 is 2.52 bits per heavy atom. The van der Waals surface area contributed by atoms with Gasteiger partial charge in [0.2, 0.25) is 0 Å². The summed E-state index contributed by atoms with van der Waals surface area (Å²) in [6, 6.07) is 9.82. The van der Waals surface area contributed by atoms with E-state index in [-0.39, 0.29) is 0 Å². The first-order valence-corrected chi connectivity index (χ1v) is 7.78. The number of ether oxygens (including phenoxy) is 1. The largest absolute Gasteiger partial charge is 0.490 e. The zero-order valence-electron chi connectivity index (χ0n) is 11.9. The van der Waals surface area contributed by atoms with E-state index in [0.717, 1.165) is 29.7 Å². The Bertz CT molecular complexity index is 607. The van der Waals surface area contributed by atoms with Gasteiger partial charge in [0.1, 0.15) is 11.6 Å². The molecule has 3 rings (SSSR count). The highest BCUT2D eigenvalue weighted by Crippen LogP contribution is 2.29. The Morgan fingerprint density at radius 2 is 1.81 bits per heavy atom. The average molecular weight is 303 g/mol. The second-order valence-electron chi connectivity index (χ2n) is 5.49. The number of aromatic nitrogens is 1. The standard InChI is InChI=1S/C17H19ClN2O/c18-13-10-16(17(19)20-11-13)12-6-8-15(9-7-12)21-14-4-2-1-3-5-14/h6-11,14H,1-5H2,(H2,19,20). The molecule has 0 saturated heterocycles. The van der Waals surface area contributed by atoms with E-state index < -0.39 is 0 Å². The predicted molar refractivity (Wildman–Crippen MR) is 86.6 cm³/mol. The first kappa shape index (κ1) is 14.2. The minimum Gasteiger partial charge on any atom is -0.490 e. The molecular weight excluding hydrogens is 284 g/mol. The van der Waals surface area contributed by atoms with Crippen LogP contribution in [-0.2, 0) is 0 Å². The Balaban J connectivity index is 1.75. The van der Waals surface area contributed by atoms with Gasteiger partial charge in [0, 0.05) is 11.8 Å². The SMILES string of the molecule is Nc1ncc(Cl)cc1-c1ccc(OC2CCCCC2)cc1. The molecule has 0 atom stereocenters. The van der Waals surface area contributed by atoms with Crippen molar-refractivity contribution in [1.29, 1.82) is 0 Å². The predicted octanol–water partition coefficient (Wildman–Crippen LogP) is 4.70. The molecule has 1 aromatic carbocycles. The van der Waals surface area contributed by atoms with Gasteiger partial charge in [-0.05, 0) is 49.4 Å². The van der Waals surface area contributed by atoms with Gasteiger partial charge in [0.05, 0.1) is 11.1 Å². The van der Waals surface area contributed by atoms with E-state index in [4.69, 9.17) is 22.1 Å². The van der Waals surface area contributed by atoms with Crippen LogP contribution in [0.3, 0.4) is 0 Å². The van der Waals surface area contributed by atoms with E-state index in [2.05, 4.69) is 4.98 Å². The lowest BCUT2D eigenvalue weighted by molar-refractivity contribution is 0.155. The van der Waals surface area contributed by atoms with Gasteiger partial charge in [-0.3, -0.25) is 0 Å². The Morgan fingerprint density at radius 1 is 1.10 bits per heavy atom. The molecule has 0 spiro atoms. The number of rotatable bonds is 3. The summed E-state index contributed by atoms with van der Waals surface area (Å²) in [5.41, 5.74) is 7.76. The number of nitrogens with two attached hydrogens (primary N) is 1. The summed E-state index contributed by atoms with van der Waals surface area (Å²) >= 11 is 5.98. The maximum Gasteiger partial charge on any atom is 0.131 e. The molecular formula is C17H19ClN2O. The van der Waals surface area contributed by atoms with Crippen LogP contribution in [0.4, 0.5) is 5.82 Å². The quantitative estimate of drug-likeness (QED) is 0.894.